The van der Waals surface area contributed by atoms with Gasteiger partial charge < -0.3 is 65.3 Å². The summed E-state index contributed by atoms with van der Waals surface area (Å²) in [6.45, 7) is -0.750. The molecule has 5 atom stereocenters. The molecule has 1 aliphatic rings. The molecular formula is C24H23O16+. The SMILES string of the molecule is O=C(O)CC(=O)OC[C@H]1O[C@@H](Oc2cc3c(O)c(O)c(O)cc3[o+]c2-c2cc(O)c(O)c(O)c2)[C@H](O)[C@@H](O)[C@@H]1O. The number of phenolic OH excluding ortho intramolecular Hbond substituents is 6. The highest BCUT2D eigenvalue weighted by Gasteiger charge is 2.46. The van der Waals surface area contributed by atoms with Crippen molar-refractivity contribution in [1.29, 1.82) is 0 Å². The number of phenols is 6. The molecule has 1 saturated heterocycles. The van der Waals surface area contributed by atoms with E-state index in [0.29, 0.717) is 0 Å². The zero-order valence-corrected chi connectivity index (χ0v) is 20.0. The van der Waals surface area contributed by atoms with E-state index >= 15 is 0 Å². The summed E-state index contributed by atoms with van der Waals surface area (Å²) >= 11 is 0. The summed E-state index contributed by atoms with van der Waals surface area (Å²) in [7, 11) is 0. The predicted molar refractivity (Wildman–Crippen MR) is 127 cm³/mol. The van der Waals surface area contributed by atoms with E-state index in [1.54, 1.807) is 0 Å². The van der Waals surface area contributed by atoms with Crippen molar-refractivity contribution >= 4 is 22.9 Å². The summed E-state index contributed by atoms with van der Waals surface area (Å²) in [4.78, 5) is 22.3. The van der Waals surface area contributed by atoms with Gasteiger partial charge in [0, 0.05) is 18.2 Å². The van der Waals surface area contributed by atoms with E-state index in [4.69, 9.17) is 23.7 Å². The lowest BCUT2D eigenvalue weighted by Crippen LogP contribution is -2.60. The molecule has 2 aromatic carbocycles. The van der Waals surface area contributed by atoms with E-state index < -0.39 is 95.9 Å². The molecule has 0 unspecified atom stereocenters. The van der Waals surface area contributed by atoms with Gasteiger partial charge in [0.05, 0.1) is 11.6 Å². The number of rotatable bonds is 7. The second kappa shape index (κ2) is 10.8. The van der Waals surface area contributed by atoms with Gasteiger partial charge >= 0.3 is 23.3 Å². The molecule has 0 radical (unpaired) electrons. The van der Waals surface area contributed by atoms with Crippen LogP contribution in [0.3, 0.4) is 0 Å². The van der Waals surface area contributed by atoms with Crippen molar-refractivity contribution in [3.63, 3.8) is 0 Å². The first-order valence-corrected chi connectivity index (χ1v) is 11.3. The average Bonchev–Trinajstić information content (AvgIpc) is 2.89. The topological polar surface area (TPSA) is 275 Å². The Morgan fingerprint density at radius 3 is 2.08 bits per heavy atom. The van der Waals surface area contributed by atoms with Crippen LogP contribution in [-0.2, 0) is 19.1 Å². The molecule has 16 nitrogen and oxygen atoms in total. The standard InChI is InChI=1S/C24H22O16/c25-9-1-7(2-10(26)18(9)32)23-13(3-8-12(38-23)4-11(27)19(33)17(8)31)39-24-22(36)21(35)20(34)14(40-24)6-37-16(30)5-15(28)29/h1-4,14,20-22,24,34-36H,5-6H2,(H6-,25,26,27,28,29,31,32,33)/p+1/t14-,20-,21+,22-,24-/m1/s1. The maximum absolute atomic E-state index is 11.6. The van der Waals surface area contributed by atoms with Crippen LogP contribution in [0.2, 0.25) is 0 Å². The lowest BCUT2D eigenvalue weighted by molar-refractivity contribution is -0.278. The summed E-state index contributed by atoms with van der Waals surface area (Å²) in [6.07, 6.45) is -10.1. The molecule has 0 aliphatic carbocycles. The van der Waals surface area contributed by atoms with Crippen LogP contribution in [0, 0.1) is 0 Å². The van der Waals surface area contributed by atoms with E-state index in [1.807, 2.05) is 0 Å². The zero-order chi connectivity index (χ0) is 29.5. The predicted octanol–water partition coefficient (Wildman–Crippen LogP) is -0.181. The molecule has 0 spiro atoms. The van der Waals surface area contributed by atoms with Gasteiger partial charge in [0.25, 0.3) is 0 Å². The van der Waals surface area contributed by atoms with Gasteiger partial charge in [-0.3, -0.25) is 9.59 Å². The van der Waals surface area contributed by atoms with Crippen LogP contribution in [0.5, 0.6) is 40.2 Å². The first kappa shape index (κ1) is 28.2. The van der Waals surface area contributed by atoms with Crippen molar-refractivity contribution < 1.29 is 79.3 Å². The smallest absolute Gasteiger partial charge is 0.402 e. The Morgan fingerprint density at radius 2 is 1.45 bits per heavy atom. The Bertz CT molecular complexity index is 1450. The quantitative estimate of drug-likeness (QED) is 0.0767. The van der Waals surface area contributed by atoms with Crippen molar-refractivity contribution in [2.24, 2.45) is 0 Å². The van der Waals surface area contributed by atoms with Gasteiger partial charge in [0.15, 0.2) is 28.7 Å². The highest BCUT2D eigenvalue weighted by atomic mass is 16.7. The molecule has 0 amide bonds. The Labute approximate surface area is 222 Å². The molecular weight excluding hydrogens is 544 g/mol. The van der Waals surface area contributed by atoms with Gasteiger partial charge in [0.1, 0.15) is 42.8 Å². The Kier molecular flexibility index (Phi) is 7.61. The first-order valence-electron chi connectivity index (χ1n) is 11.3. The molecule has 4 rings (SSSR count). The van der Waals surface area contributed by atoms with E-state index in [9.17, 15) is 55.5 Å². The number of carbonyl (C=O) groups is 2. The van der Waals surface area contributed by atoms with Gasteiger partial charge in [-0.15, -0.1) is 0 Å². The molecule has 16 heteroatoms. The summed E-state index contributed by atoms with van der Waals surface area (Å²) in [5, 5.41) is 99.3. The van der Waals surface area contributed by atoms with Crippen LogP contribution in [-0.4, -0.2) is 100 Å². The number of hydrogen-bond donors (Lipinski definition) is 10. The summed E-state index contributed by atoms with van der Waals surface area (Å²) in [5.41, 5.74) is -0.396. The number of carboxylic acids is 1. The largest absolute Gasteiger partial charge is 0.504 e. The van der Waals surface area contributed by atoms with E-state index in [2.05, 4.69) is 0 Å². The molecule has 1 fully saturated rings. The minimum Gasteiger partial charge on any atom is -0.504 e. The summed E-state index contributed by atoms with van der Waals surface area (Å²) < 4.78 is 21.5. The molecule has 10 N–H and O–H groups in total. The molecule has 0 bridgehead atoms. The number of hydrogen-bond acceptors (Lipinski definition) is 14. The Morgan fingerprint density at radius 1 is 0.825 bits per heavy atom. The Balaban J connectivity index is 1.75. The maximum atomic E-state index is 11.6. The van der Waals surface area contributed by atoms with Crippen molar-refractivity contribution in [2.45, 2.75) is 37.1 Å². The molecule has 3 aromatic rings. The van der Waals surface area contributed by atoms with Crippen LogP contribution in [0.15, 0.2) is 28.7 Å². The van der Waals surface area contributed by atoms with Crippen molar-refractivity contribution in [3.05, 3.63) is 24.3 Å². The number of esters is 1. The molecule has 214 valence electrons. The number of aromatic hydroxyl groups is 6. The third-order valence-electron chi connectivity index (χ3n) is 5.91. The second-order valence-electron chi connectivity index (χ2n) is 8.69. The maximum Gasteiger partial charge on any atom is 0.402 e. The van der Waals surface area contributed by atoms with E-state index in [1.165, 1.54) is 0 Å². The van der Waals surface area contributed by atoms with Crippen LogP contribution >= 0.6 is 0 Å². The molecule has 0 saturated carbocycles. The third-order valence-corrected chi connectivity index (χ3v) is 5.91. The minimum absolute atomic E-state index is 0.151. The van der Waals surface area contributed by atoms with Gasteiger partial charge in [-0.05, 0) is 0 Å². The summed E-state index contributed by atoms with van der Waals surface area (Å²) in [6, 6.07) is 3.84. The fourth-order valence-electron chi connectivity index (χ4n) is 3.87. The van der Waals surface area contributed by atoms with Gasteiger partial charge in [-0.1, -0.05) is 0 Å². The van der Waals surface area contributed by atoms with Crippen molar-refractivity contribution in [2.75, 3.05) is 6.61 Å². The highest BCUT2D eigenvalue weighted by Crippen LogP contribution is 2.47. The molecule has 2 heterocycles. The number of carboxylic acid groups (broad SMARTS) is 1. The minimum atomic E-state index is -1.95. The number of fused-ring (bicyclic) bond motifs is 1. The van der Waals surface area contributed by atoms with Crippen LogP contribution < -0.4 is 4.74 Å². The second-order valence-corrected chi connectivity index (χ2v) is 8.69. The average molecular weight is 567 g/mol. The molecule has 1 aromatic heterocycles. The van der Waals surface area contributed by atoms with Crippen LogP contribution in [0.1, 0.15) is 6.42 Å². The van der Waals surface area contributed by atoms with E-state index in [0.717, 1.165) is 24.3 Å². The van der Waals surface area contributed by atoms with Gasteiger partial charge in [0.2, 0.25) is 17.8 Å². The van der Waals surface area contributed by atoms with E-state index in [-0.39, 0.29) is 22.3 Å². The molecule has 1 aliphatic heterocycles. The lowest BCUT2D eigenvalue weighted by Gasteiger charge is -2.39. The van der Waals surface area contributed by atoms with Gasteiger partial charge in [-0.2, -0.15) is 0 Å². The number of ether oxygens (including phenoxy) is 3. The van der Waals surface area contributed by atoms with Crippen molar-refractivity contribution in [3.8, 4) is 51.6 Å². The van der Waals surface area contributed by atoms with Crippen LogP contribution in [0.25, 0.3) is 22.3 Å². The Hall–Kier alpha value is -4.77. The number of aliphatic carboxylic acids is 1. The fraction of sp³-hybridized carbons (Fsp3) is 0.292. The number of benzene rings is 2. The first-order chi connectivity index (χ1) is 18.8. The molecule has 40 heavy (non-hydrogen) atoms. The zero-order valence-electron chi connectivity index (χ0n) is 20.0. The number of carbonyl (C=O) groups excluding carboxylic acids is 1. The lowest BCUT2D eigenvalue weighted by atomic mass is 9.99. The number of aliphatic hydroxyl groups excluding tert-OH is 3. The normalized spacial score (nSPS) is 22.6. The third kappa shape index (κ3) is 5.36. The summed E-state index contributed by atoms with van der Waals surface area (Å²) in [5.74, 6) is -8.42. The van der Waals surface area contributed by atoms with Gasteiger partial charge in [-0.25, -0.2) is 4.42 Å². The monoisotopic (exact) mass is 567 g/mol. The van der Waals surface area contributed by atoms with Crippen LogP contribution in [0.4, 0.5) is 0 Å². The van der Waals surface area contributed by atoms with Crippen molar-refractivity contribution in [1.82, 2.24) is 0 Å². The fourth-order valence-corrected chi connectivity index (χ4v) is 3.87. The highest BCUT2D eigenvalue weighted by molar-refractivity contribution is 5.91. The number of aliphatic hydroxyl groups is 3.